The number of carbonyl (C=O) groups excluding carboxylic acids is 3. The normalized spacial score (nSPS) is 15.8. The molecule has 1 unspecified atom stereocenters. The number of carbonyl (C=O) groups is 3. The van der Waals surface area contributed by atoms with Crippen LogP contribution in [-0.4, -0.2) is 35.5 Å². The van der Waals surface area contributed by atoms with E-state index < -0.39 is 23.1 Å². The molecule has 0 aliphatic carbocycles. The number of nitrogens with zero attached hydrogens (tertiary/aromatic N) is 1. The zero-order valence-corrected chi connectivity index (χ0v) is 19.8. The predicted octanol–water partition coefficient (Wildman–Crippen LogP) is 5.45. The summed E-state index contributed by atoms with van der Waals surface area (Å²) in [6.07, 6.45) is -3.40. The minimum atomic E-state index is -4.67. The number of aromatic nitrogens is 1. The number of hydrogen-bond acceptors (Lipinski definition) is 8. The Hall–Kier alpha value is -3.54. The van der Waals surface area contributed by atoms with E-state index >= 15 is 0 Å². The second-order valence-electron chi connectivity index (χ2n) is 7.93. The van der Waals surface area contributed by atoms with Crippen molar-refractivity contribution in [2.75, 3.05) is 13.2 Å². The smallest absolute Gasteiger partial charge is 0.437 e. The van der Waals surface area contributed by atoms with E-state index in [4.69, 9.17) is 14.0 Å². The van der Waals surface area contributed by atoms with Crippen LogP contribution in [-0.2, 0) is 22.1 Å². The highest BCUT2D eigenvalue weighted by Crippen LogP contribution is 2.37. The van der Waals surface area contributed by atoms with Crippen molar-refractivity contribution in [3.8, 4) is 5.75 Å². The molecule has 1 N–H and O–H groups in total. The van der Waals surface area contributed by atoms with Gasteiger partial charge in [-0.15, -0.1) is 0 Å². The molecule has 0 bridgehead atoms. The summed E-state index contributed by atoms with van der Waals surface area (Å²) < 4.78 is 55.3. The van der Waals surface area contributed by atoms with Crippen molar-refractivity contribution in [3.05, 3.63) is 58.8 Å². The van der Waals surface area contributed by atoms with Gasteiger partial charge < -0.3 is 14.0 Å². The number of aryl methyl sites for hydroxylation is 1. The highest BCUT2D eigenvalue weighted by atomic mass is 32.2. The van der Waals surface area contributed by atoms with Gasteiger partial charge in [0.2, 0.25) is 5.91 Å². The van der Waals surface area contributed by atoms with E-state index in [0.29, 0.717) is 36.1 Å². The molecule has 2 amide bonds. The second-order valence-corrected chi connectivity index (χ2v) is 9.01. The molecule has 36 heavy (non-hydrogen) atoms. The third-order valence-corrected chi connectivity index (χ3v) is 6.43. The third kappa shape index (κ3) is 5.48. The molecule has 8 nitrogen and oxygen atoms in total. The van der Waals surface area contributed by atoms with E-state index in [1.165, 1.54) is 12.1 Å². The molecule has 2 heterocycles. The van der Waals surface area contributed by atoms with Crippen LogP contribution in [0, 0.1) is 0 Å². The number of hydrogen-bond donors (Lipinski definition) is 1. The molecule has 0 radical (unpaired) electrons. The third-order valence-electron chi connectivity index (χ3n) is 5.39. The zero-order valence-electron chi connectivity index (χ0n) is 19.0. The number of halogens is 3. The van der Waals surface area contributed by atoms with Crippen LogP contribution in [0.5, 0.6) is 5.75 Å². The van der Waals surface area contributed by atoms with E-state index in [9.17, 15) is 27.6 Å². The lowest BCUT2D eigenvalue weighted by Crippen LogP contribution is -2.20. The minimum absolute atomic E-state index is 0.0335. The van der Waals surface area contributed by atoms with Crippen molar-refractivity contribution in [1.82, 2.24) is 10.5 Å². The van der Waals surface area contributed by atoms with Crippen LogP contribution in [0.1, 0.15) is 52.2 Å². The molecular formula is C24H21F3N2O6S. The van der Waals surface area contributed by atoms with Gasteiger partial charge in [0.25, 0.3) is 5.24 Å². The first-order valence-electron chi connectivity index (χ1n) is 11.1. The van der Waals surface area contributed by atoms with E-state index in [1.54, 1.807) is 24.3 Å². The zero-order chi connectivity index (χ0) is 25.9. The number of nitrogens with one attached hydrogen (secondary N) is 1. The van der Waals surface area contributed by atoms with E-state index in [-0.39, 0.29) is 40.9 Å². The average molecular weight is 523 g/mol. The summed E-state index contributed by atoms with van der Waals surface area (Å²) in [6, 6.07) is 9.22. The molecular weight excluding hydrogens is 501 g/mol. The maximum atomic E-state index is 13.2. The van der Waals surface area contributed by atoms with Crippen molar-refractivity contribution in [2.24, 2.45) is 0 Å². The Bertz CT molecular complexity index is 1290. The topological polar surface area (TPSA) is 108 Å². The maximum Gasteiger partial charge on any atom is 0.437 e. The molecule has 0 saturated carbocycles. The molecule has 0 spiro atoms. The lowest BCUT2D eigenvalue weighted by atomic mass is 9.99. The predicted molar refractivity (Wildman–Crippen MR) is 124 cm³/mol. The Morgan fingerprint density at radius 1 is 1.14 bits per heavy atom. The summed E-state index contributed by atoms with van der Waals surface area (Å²) in [5.74, 6) is -0.483. The van der Waals surface area contributed by atoms with Crippen LogP contribution >= 0.6 is 11.8 Å². The fraction of sp³-hybridized carbons (Fsp3) is 0.333. The van der Waals surface area contributed by atoms with Gasteiger partial charge in [0.1, 0.15) is 11.0 Å². The first-order valence-corrected chi connectivity index (χ1v) is 12.0. The standard InChI is InChI=1S/C24H21F3N2O6S/c1-2-4-15-16(9-10-17-18(15)35-29-20(17)24(25,26)27)22(31)34-12-3-11-33-14-7-5-13(6-8-14)19-21(30)28-23(32)36-19/h5-10,19H,2-4,11-12H2,1H3,(H,28,30,32). The summed E-state index contributed by atoms with van der Waals surface area (Å²) >= 11 is 0.916. The van der Waals surface area contributed by atoms with Crippen LogP contribution in [0.3, 0.4) is 0 Å². The molecule has 1 aliphatic rings. The molecule has 1 atom stereocenters. The fourth-order valence-electron chi connectivity index (χ4n) is 3.76. The first kappa shape index (κ1) is 25.5. The van der Waals surface area contributed by atoms with Gasteiger partial charge in [-0.2, -0.15) is 13.2 Å². The van der Waals surface area contributed by atoms with Crippen molar-refractivity contribution in [1.29, 1.82) is 0 Å². The number of rotatable bonds is 9. The van der Waals surface area contributed by atoms with Gasteiger partial charge in [-0.05, 0) is 48.0 Å². The maximum absolute atomic E-state index is 13.2. The van der Waals surface area contributed by atoms with Crippen molar-refractivity contribution in [2.45, 2.75) is 37.6 Å². The van der Waals surface area contributed by atoms with Gasteiger partial charge in [-0.3, -0.25) is 14.9 Å². The van der Waals surface area contributed by atoms with Gasteiger partial charge in [0.15, 0.2) is 11.3 Å². The van der Waals surface area contributed by atoms with Crippen LogP contribution in [0.4, 0.5) is 18.0 Å². The Labute approximate surface area is 207 Å². The first-order chi connectivity index (χ1) is 17.2. The van der Waals surface area contributed by atoms with Crippen molar-refractivity contribution >= 4 is 39.8 Å². The number of esters is 1. The molecule has 1 fully saturated rings. The van der Waals surface area contributed by atoms with E-state index in [1.807, 2.05) is 6.92 Å². The number of thioether (sulfide) groups is 1. The van der Waals surface area contributed by atoms with Crippen molar-refractivity contribution in [3.63, 3.8) is 0 Å². The minimum Gasteiger partial charge on any atom is -0.493 e. The van der Waals surface area contributed by atoms with Crippen LogP contribution < -0.4 is 10.1 Å². The molecule has 1 saturated heterocycles. The molecule has 190 valence electrons. The second kappa shape index (κ2) is 10.6. The molecule has 1 aliphatic heterocycles. The number of ether oxygens (including phenoxy) is 2. The van der Waals surface area contributed by atoms with Crippen molar-refractivity contribution < 1.29 is 41.6 Å². The molecule has 3 aromatic rings. The summed E-state index contributed by atoms with van der Waals surface area (Å²) in [7, 11) is 0. The van der Waals surface area contributed by atoms with E-state index in [0.717, 1.165) is 11.8 Å². The fourth-order valence-corrected chi connectivity index (χ4v) is 4.59. The largest absolute Gasteiger partial charge is 0.493 e. The van der Waals surface area contributed by atoms with Gasteiger partial charge in [-0.1, -0.05) is 30.6 Å². The lowest BCUT2D eigenvalue weighted by Gasteiger charge is -2.11. The molecule has 1 aromatic heterocycles. The number of alkyl halides is 3. The molecule has 12 heteroatoms. The van der Waals surface area contributed by atoms with Crippen LogP contribution in [0.15, 0.2) is 40.9 Å². The SMILES string of the molecule is CCCc1c(C(=O)OCCCOc2ccc(C3SC(=O)NC3=O)cc2)ccc2c(C(F)(F)F)noc12. The quantitative estimate of drug-likeness (QED) is 0.292. The highest BCUT2D eigenvalue weighted by Gasteiger charge is 2.38. The molecule has 4 rings (SSSR count). The van der Waals surface area contributed by atoms with Crippen LogP contribution in [0.25, 0.3) is 11.0 Å². The Morgan fingerprint density at radius 2 is 1.89 bits per heavy atom. The van der Waals surface area contributed by atoms with Gasteiger partial charge in [0, 0.05) is 12.0 Å². The Kier molecular flexibility index (Phi) is 7.53. The van der Waals surface area contributed by atoms with Gasteiger partial charge >= 0.3 is 12.1 Å². The van der Waals surface area contributed by atoms with Gasteiger partial charge in [-0.25, -0.2) is 4.79 Å². The number of imide groups is 1. The number of amides is 2. The summed E-state index contributed by atoms with van der Waals surface area (Å²) in [4.78, 5) is 35.7. The summed E-state index contributed by atoms with van der Waals surface area (Å²) in [5.41, 5.74) is -0.0475. The average Bonchev–Trinajstić information content (AvgIpc) is 3.42. The van der Waals surface area contributed by atoms with Gasteiger partial charge in [0.05, 0.1) is 24.2 Å². The number of benzene rings is 2. The Morgan fingerprint density at radius 3 is 2.53 bits per heavy atom. The molecule has 2 aromatic carbocycles. The Balaban J connectivity index is 1.31. The lowest BCUT2D eigenvalue weighted by molar-refractivity contribution is -0.141. The summed E-state index contributed by atoms with van der Waals surface area (Å²) in [6.45, 7) is 2.10. The summed E-state index contributed by atoms with van der Waals surface area (Å²) in [5, 5.41) is 4.23. The monoisotopic (exact) mass is 522 g/mol. The van der Waals surface area contributed by atoms with E-state index in [2.05, 4.69) is 10.5 Å². The van der Waals surface area contributed by atoms with Crippen LogP contribution in [0.2, 0.25) is 0 Å². The number of fused-ring (bicyclic) bond motifs is 1. The highest BCUT2D eigenvalue weighted by molar-refractivity contribution is 8.15.